The molecule has 1 aliphatic heterocycles. The summed E-state index contributed by atoms with van der Waals surface area (Å²) in [5.41, 5.74) is 2.32. The number of fused-ring (bicyclic) bond motifs is 1. The van der Waals surface area contributed by atoms with Crippen molar-refractivity contribution in [2.24, 2.45) is 0 Å². The number of hydrogen-bond donors (Lipinski definition) is 0. The molecule has 150 valence electrons. The number of carbonyl (C=O) groups excluding carboxylic acids is 1. The van der Waals surface area contributed by atoms with Gasteiger partial charge < -0.3 is 9.80 Å². The number of amides is 1. The molecular weight excluding hydrogens is 380 g/mol. The number of aromatic nitrogens is 6. The standard InChI is InChI=1S/C21H20N8O/c1-15-11-18(29-21(26-15)24-14-25-29)27-7-9-28(10-8-27)20(30)17-12-22-19(23-13-17)16-5-3-2-4-6-16/h2-6,11-14H,7-10H2,1H3. The Bertz CT molecular complexity index is 1180. The molecule has 30 heavy (non-hydrogen) atoms. The molecule has 9 heteroatoms. The zero-order chi connectivity index (χ0) is 20.5. The highest BCUT2D eigenvalue weighted by molar-refractivity contribution is 5.94. The lowest BCUT2D eigenvalue weighted by atomic mass is 10.2. The first kappa shape index (κ1) is 18.2. The van der Waals surface area contributed by atoms with Crippen molar-refractivity contribution in [2.45, 2.75) is 6.92 Å². The number of anilines is 1. The van der Waals surface area contributed by atoms with E-state index in [0.29, 0.717) is 43.3 Å². The molecule has 1 amide bonds. The molecule has 0 unspecified atom stereocenters. The van der Waals surface area contributed by atoms with Crippen LogP contribution in [0.4, 0.5) is 5.82 Å². The van der Waals surface area contributed by atoms with Crippen LogP contribution in [0.25, 0.3) is 17.2 Å². The highest BCUT2D eigenvalue weighted by Crippen LogP contribution is 2.19. The summed E-state index contributed by atoms with van der Waals surface area (Å²) in [5, 5.41) is 4.27. The molecule has 1 aromatic carbocycles. The lowest BCUT2D eigenvalue weighted by molar-refractivity contribution is 0.0745. The highest BCUT2D eigenvalue weighted by Gasteiger charge is 2.24. The number of piperazine rings is 1. The van der Waals surface area contributed by atoms with E-state index in [2.05, 4.69) is 29.9 Å². The predicted molar refractivity (Wildman–Crippen MR) is 111 cm³/mol. The van der Waals surface area contributed by atoms with E-state index in [1.165, 1.54) is 6.33 Å². The summed E-state index contributed by atoms with van der Waals surface area (Å²) in [7, 11) is 0. The minimum atomic E-state index is -0.0499. The van der Waals surface area contributed by atoms with Crippen molar-refractivity contribution in [3.63, 3.8) is 0 Å². The van der Waals surface area contributed by atoms with Gasteiger partial charge in [0.1, 0.15) is 12.1 Å². The van der Waals surface area contributed by atoms with Gasteiger partial charge in [0.25, 0.3) is 11.7 Å². The number of nitrogens with zero attached hydrogens (tertiary/aromatic N) is 8. The van der Waals surface area contributed by atoms with Crippen LogP contribution in [0.2, 0.25) is 0 Å². The average molecular weight is 400 g/mol. The number of rotatable bonds is 3. The van der Waals surface area contributed by atoms with Crippen molar-refractivity contribution in [1.29, 1.82) is 0 Å². The van der Waals surface area contributed by atoms with Crippen LogP contribution in [-0.2, 0) is 0 Å². The Morgan fingerprint density at radius 3 is 2.43 bits per heavy atom. The second-order valence-corrected chi connectivity index (χ2v) is 7.17. The van der Waals surface area contributed by atoms with Crippen LogP contribution in [-0.4, -0.2) is 66.5 Å². The Morgan fingerprint density at radius 1 is 0.967 bits per heavy atom. The van der Waals surface area contributed by atoms with Crippen molar-refractivity contribution in [2.75, 3.05) is 31.1 Å². The van der Waals surface area contributed by atoms with Gasteiger partial charge in [-0.05, 0) is 6.92 Å². The summed E-state index contributed by atoms with van der Waals surface area (Å²) < 4.78 is 1.74. The summed E-state index contributed by atoms with van der Waals surface area (Å²) in [6.07, 6.45) is 4.72. The van der Waals surface area contributed by atoms with Crippen LogP contribution in [0.15, 0.2) is 55.1 Å². The third-order valence-electron chi connectivity index (χ3n) is 5.18. The SMILES string of the molecule is Cc1cc(N2CCN(C(=O)c3cnc(-c4ccccc4)nc3)CC2)n2ncnc2n1. The number of carbonyl (C=O) groups is 1. The van der Waals surface area contributed by atoms with E-state index in [4.69, 9.17) is 0 Å². The van der Waals surface area contributed by atoms with Gasteiger partial charge >= 0.3 is 0 Å². The van der Waals surface area contributed by atoms with Crippen LogP contribution in [0, 0.1) is 6.92 Å². The predicted octanol–water partition coefficient (Wildman–Crippen LogP) is 1.85. The maximum Gasteiger partial charge on any atom is 0.257 e. The first-order chi connectivity index (χ1) is 14.7. The summed E-state index contributed by atoms with van der Waals surface area (Å²) in [6, 6.07) is 11.7. The average Bonchev–Trinajstić information content (AvgIpc) is 3.27. The molecule has 0 radical (unpaired) electrons. The monoisotopic (exact) mass is 400 g/mol. The van der Waals surface area contributed by atoms with Gasteiger partial charge in [-0.25, -0.2) is 15.0 Å². The van der Waals surface area contributed by atoms with Crippen molar-refractivity contribution in [3.8, 4) is 11.4 Å². The van der Waals surface area contributed by atoms with Crippen molar-refractivity contribution < 1.29 is 4.79 Å². The molecule has 4 aromatic rings. The van der Waals surface area contributed by atoms with Crippen molar-refractivity contribution >= 4 is 17.5 Å². The van der Waals surface area contributed by atoms with E-state index < -0.39 is 0 Å². The van der Waals surface area contributed by atoms with Gasteiger partial charge in [0.2, 0.25) is 0 Å². The van der Waals surface area contributed by atoms with E-state index >= 15 is 0 Å². The Morgan fingerprint density at radius 2 is 1.70 bits per heavy atom. The van der Waals surface area contributed by atoms with E-state index in [1.54, 1.807) is 16.9 Å². The third-order valence-corrected chi connectivity index (χ3v) is 5.18. The van der Waals surface area contributed by atoms with Crippen LogP contribution >= 0.6 is 0 Å². The first-order valence-electron chi connectivity index (χ1n) is 9.78. The molecule has 4 heterocycles. The molecule has 0 spiro atoms. The van der Waals surface area contributed by atoms with Gasteiger partial charge in [0.15, 0.2) is 5.82 Å². The van der Waals surface area contributed by atoms with Crippen LogP contribution in [0.3, 0.4) is 0 Å². The zero-order valence-corrected chi connectivity index (χ0v) is 16.5. The van der Waals surface area contributed by atoms with Crippen LogP contribution < -0.4 is 4.90 Å². The second kappa shape index (κ2) is 7.51. The molecule has 0 aliphatic carbocycles. The Balaban J connectivity index is 1.28. The molecule has 1 fully saturated rings. The maximum atomic E-state index is 12.9. The van der Waals surface area contributed by atoms with Gasteiger partial charge in [-0.3, -0.25) is 4.79 Å². The quantitative estimate of drug-likeness (QED) is 0.518. The van der Waals surface area contributed by atoms with Crippen LogP contribution in [0.5, 0.6) is 0 Å². The minimum absolute atomic E-state index is 0.0499. The van der Waals surface area contributed by atoms with Crippen molar-refractivity contribution in [1.82, 2.24) is 34.4 Å². The van der Waals surface area contributed by atoms with E-state index in [1.807, 2.05) is 48.2 Å². The molecule has 1 aliphatic rings. The van der Waals surface area contributed by atoms with E-state index in [9.17, 15) is 4.79 Å². The third kappa shape index (κ3) is 3.34. The van der Waals surface area contributed by atoms with Crippen molar-refractivity contribution in [3.05, 3.63) is 66.4 Å². The molecule has 3 aromatic heterocycles. The zero-order valence-electron chi connectivity index (χ0n) is 16.5. The van der Waals surface area contributed by atoms with Gasteiger partial charge in [0.05, 0.1) is 5.56 Å². The lowest BCUT2D eigenvalue weighted by Crippen LogP contribution is -2.49. The molecule has 0 saturated carbocycles. The maximum absolute atomic E-state index is 12.9. The topological polar surface area (TPSA) is 92.4 Å². The smallest absolute Gasteiger partial charge is 0.257 e. The van der Waals surface area contributed by atoms with Crippen LogP contribution in [0.1, 0.15) is 16.1 Å². The first-order valence-corrected chi connectivity index (χ1v) is 9.78. The summed E-state index contributed by atoms with van der Waals surface area (Å²) in [5.74, 6) is 2.09. The fourth-order valence-electron chi connectivity index (χ4n) is 3.63. The number of benzene rings is 1. The number of hydrogen-bond acceptors (Lipinski definition) is 7. The molecule has 5 rings (SSSR count). The van der Waals surface area contributed by atoms with E-state index in [-0.39, 0.29) is 5.91 Å². The number of aryl methyl sites for hydroxylation is 1. The lowest BCUT2D eigenvalue weighted by Gasteiger charge is -2.35. The minimum Gasteiger partial charge on any atom is -0.353 e. The molecule has 1 saturated heterocycles. The summed E-state index contributed by atoms with van der Waals surface area (Å²) in [4.78, 5) is 34.3. The summed E-state index contributed by atoms with van der Waals surface area (Å²) in [6.45, 7) is 4.56. The Kier molecular flexibility index (Phi) is 4.55. The largest absolute Gasteiger partial charge is 0.353 e. The Labute approximate surface area is 173 Å². The van der Waals surface area contributed by atoms with Gasteiger partial charge in [0, 0.05) is 55.9 Å². The molecule has 0 atom stereocenters. The fourth-order valence-corrected chi connectivity index (χ4v) is 3.63. The molecule has 0 N–H and O–H groups in total. The molecule has 9 nitrogen and oxygen atoms in total. The molecular formula is C21H20N8O. The molecule has 0 bridgehead atoms. The van der Waals surface area contributed by atoms with E-state index in [0.717, 1.165) is 17.1 Å². The normalized spacial score (nSPS) is 14.3. The summed E-state index contributed by atoms with van der Waals surface area (Å²) >= 11 is 0. The van der Waals surface area contributed by atoms with Gasteiger partial charge in [-0.2, -0.15) is 14.6 Å². The fraction of sp³-hybridized carbons (Fsp3) is 0.238. The Hall–Kier alpha value is -3.88. The highest BCUT2D eigenvalue weighted by atomic mass is 16.2. The second-order valence-electron chi connectivity index (χ2n) is 7.17. The van der Waals surface area contributed by atoms with Gasteiger partial charge in [-0.1, -0.05) is 30.3 Å². The van der Waals surface area contributed by atoms with Gasteiger partial charge in [-0.15, -0.1) is 0 Å².